The van der Waals surface area contributed by atoms with E-state index in [-0.39, 0.29) is 24.7 Å². The number of aromatic hydroxyl groups is 1. The molecule has 3 aromatic rings. The molecule has 0 unspecified atom stereocenters. The lowest BCUT2D eigenvalue weighted by molar-refractivity contribution is -0.143. The van der Waals surface area contributed by atoms with Gasteiger partial charge >= 0.3 is 12.4 Å². The number of aliphatic hydroxyl groups is 2. The number of halogens is 6. The molecule has 0 aromatic heterocycles. The Balaban J connectivity index is 1.44. The summed E-state index contributed by atoms with van der Waals surface area (Å²) in [5.41, 5.74) is -1.35. The van der Waals surface area contributed by atoms with E-state index < -0.39 is 71.4 Å². The van der Waals surface area contributed by atoms with Gasteiger partial charge in [-0.3, -0.25) is 9.59 Å². The number of amides is 2. The number of rotatable bonds is 9. The molecule has 3 aromatic carbocycles. The number of imide groups is 1. The first-order valence-electron chi connectivity index (χ1n) is 15.7. The number of nitrogens with zero attached hydrogens (tertiary/aromatic N) is 1. The van der Waals surface area contributed by atoms with E-state index in [0.29, 0.717) is 52.8 Å². The summed E-state index contributed by atoms with van der Waals surface area (Å²) in [6.07, 6.45) is -7.99. The number of phenols is 1. The number of carbonyl (C=O) groups is 2. The van der Waals surface area contributed by atoms with Gasteiger partial charge in [0.25, 0.3) is 0 Å². The van der Waals surface area contributed by atoms with E-state index in [1.807, 2.05) is 31.2 Å². The van der Waals surface area contributed by atoms with Gasteiger partial charge in [-0.15, -0.1) is 0 Å². The summed E-state index contributed by atoms with van der Waals surface area (Å²) in [7, 11) is 0. The maximum absolute atomic E-state index is 13.8. The van der Waals surface area contributed by atoms with Crippen molar-refractivity contribution < 1.29 is 51.3 Å². The van der Waals surface area contributed by atoms with Crippen LogP contribution in [0.3, 0.4) is 0 Å². The fourth-order valence-electron chi connectivity index (χ4n) is 7.10. The topological polar surface area (TPSA) is 98.1 Å². The predicted molar refractivity (Wildman–Crippen MR) is 168 cm³/mol. The van der Waals surface area contributed by atoms with Gasteiger partial charge in [-0.2, -0.15) is 26.3 Å². The van der Waals surface area contributed by atoms with Crippen molar-refractivity contribution in [2.24, 2.45) is 17.8 Å². The van der Waals surface area contributed by atoms with Gasteiger partial charge in [-0.05, 0) is 72.9 Å². The number of phenolic OH excluding ortho intramolecular Hbond substituents is 1. The average Bonchev–Trinajstić information content (AvgIpc) is 3.30. The highest BCUT2D eigenvalue weighted by Crippen LogP contribution is 2.49. The zero-order chi connectivity index (χ0) is 35.1. The maximum atomic E-state index is 13.8. The van der Waals surface area contributed by atoms with Gasteiger partial charge in [0.15, 0.2) is 0 Å². The quantitative estimate of drug-likeness (QED) is 0.121. The summed E-state index contributed by atoms with van der Waals surface area (Å²) in [4.78, 5) is 27.7. The first-order valence-corrected chi connectivity index (χ1v) is 15.7. The second-order valence-electron chi connectivity index (χ2n) is 12.2. The van der Waals surface area contributed by atoms with Gasteiger partial charge < -0.3 is 15.3 Å². The van der Waals surface area contributed by atoms with Crippen molar-refractivity contribution in [1.29, 1.82) is 0 Å². The van der Waals surface area contributed by atoms with E-state index in [1.54, 1.807) is 25.1 Å². The van der Waals surface area contributed by atoms with E-state index in [2.05, 4.69) is 0 Å². The zero-order valence-electron chi connectivity index (χ0n) is 26.2. The highest BCUT2D eigenvalue weighted by molar-refractivity contribution is 6.22. The molecular formula is C36H35F6NO5. The lowest BCUT2D eigenvalue weighted by Crippen LogP contribution is -2.39. The summed E-state index contributed by atoms with van der Waals surface area (Å²) in [5, 5.41) is 33.8. The van der Waals surface area contributed by atoms with Crippen molar-refractivity contribution in [3.05, 3.63) is 88.0 Å². The fraction of sp³-hybridized carbons (Fsp3) is 0.389. The number of anilines is 1. The van der Waals surface area contributed by atoms with E-state index >= 15 is 0 Å². The highest BCUT2D eigenvalue weighted by atomic mass is 19.4. The average molecular weight is 676 g/mol. The number of alkyl halides is 6. The molecule has 12 heteroatoms. The molecule has 4 atom stereocenters. The number of carbonyl (C=O) groups excluding carboxylic acids is 2. The molecule has 3 N–H and O–H groups in total. The monoisotopic (exact) mass is 675 g/mol. The number of fused-ring (bicyclic) bond motifs is 2. The van der Waals surface area contributed by atoms with Crippen LogP contribution in [0.15, 0.2) is 71.3 Å². The molecule has 0 radical (unpaired) electrons. The third-order valence-corrected chi connectivity index (χ3v) is 9.48. The minimum Gasteiger partial charge on any atom is -0.507 e. The molecule has 5 rings (SSSR count). The zero-order valence-corrected chi connectivity index (χ0v) is 26.2. The van der Waals surface area contributed by atoms with Crippen LogP contribution in [0, 0.1) is 17.8 Å². The van der Waals surface area contributed by atoms with Crippen molar-refractivity contribution in [1.82, 2.24) is 0 Å². The third kappa shape index (κ3) is 6.60. The Labute approximate surface area is 273 Å². The molecule has 2 aliphatic rings. The number of aliphatic hydroxyl groups excluding tert-OH is 2. The van der Waals surface area contributed by atoms with Crippen molar-refractivity contribution >= 4 is 34.4 Å². The molecule has 256 valence electrons. The number of hydrogen-bond acceptors (Lipinski definition) is 5. The Hall–Kier alpha value is -4.16. The largest absolute Gasteiger partial charge is 0.507 e. The second kappa shape index (κ2) is 13.4. The first kappa shape index (κ1) is 35.2. The molecule has 2 amide bonds. The number of allylic oxidation sites excluding steroid dienone is 2. The van der Waals surface area contributed by atoms with Gasteiger partial charge in [0.2, 0.25) is 11.8 Å². The van der Waals surface area contributed by atoms with Gasteiger partial charge in [-0.25, -0.2) is 4.90 Å². The summed E-state index contributed by atoms with van der Waals surface area (Å²) >= 11 is 0. The molecule has 1 heterocycles. The molecule has 1 saturated heterocycles. The Bertz CT molecular complexity index is 1760. The lowest BCUT2D eigenvalue weighted by Gasteiger charge is -2.36. The molecule has 48 heavy (non-hydrogen) atoms. The van der Waals surface area contributed by atoms with Crippen LogP contribution in [-0.4, -0.2) is 39.8 Å². The van der Waals surface area contributed by atoms with Gasteiger partial charge in [-0.1, -0.05) is 61.4 Å². The molecule has 1 aliphatic carbocycles. The van der Waals surface area contributed by atoms with Gasteiger partial charge in [0.1, 0.15) is 5.75 Å². The van der Waals surface area contributed by atoms with Crippen LogP contribution in [0.5, 0.6) is 5.75 Å². The van der Waals surface area contributed by atoms with E-state index in [4.69, 9.17) is 0 Å². The van der Waals surface area contributed by atoms with Gasteiger partial charge in [0.05, 0.1) is 41.4 Å². The molecule has 1 aliphatic heterocycles. The second-order valence-corrected chi connectivity index (χ2v) is 12.2. The van der Waals surface area contributed by atoms with Crippen molar-refractivity contribution in [3.8, 4) is 5.75 Å². The van der Waals surface area contributed by atoms with Crippen LogP contribution < -0.4 is 4.90 Å². The third-order valence-electron chi connectivity index (χ3n) is 9.48. The minimum atomic E-state index is -5.18. The van der Waals surface area contributed by atoms with Crippen molar-refractivity contribution in [2.45, 2.75) is 64.4 Å². The molecule has 1 fully saturated rings. The molecule has 6 nitrogen and oxygen atoms in total. The van der Waals surface area contributed by atoms with E-state index in [9.17, 15) is 51.3 Å². The van der Waals surface area contributed by atoms with E-state index in [1.165, 1.54) is 0 Å². The van der Waals surface area contributed by atoms with Crippen LogP contribution >= 0.6 is 0 Å². The van der Waals surface area contributed by atoms with Crippen molar-refractivity contribution in [2.75, 3.05) is 11.5 Å². The van der Waals surface area contributed by atoms with Crippen LogP contribution in [0.25, 0.3) is 16.8 Å². The Kier molecular flexibility index (Phi) is 9.81. The standard InChI is InChI=1S/C36H35F6NO5/c1-3-19(13-21-10-12-29(45)26-8-6-5-7-25(21)26)9-11-30(46)31-20(4-2)14-27-32(28(31)18-44)34(48)43(33(27)47)24-16-22(35(37,38)39)15-23(17-24)36(40,41)42/h5-8,10,12-13,15-17,27-28,30,32,44-46H,3-4,9,11,14,18H2,1-2H3/b19-13+/t27-,28+,30-,32-/m1/s1. The maximum Gasteiger partial charge on any atom is 0.416 e. The normalized spacial score (nSPS) is 21.3. The summed E-state index contributed by atoms with van der Waals surface area (Å²) in [5.74, 6) is -5.31. The summed E-state index contributed by atoms with van der Waals surface area (Å²) in [6, 6.07) is 11.4. The van der Waals surface area contributed by atoms with Gasteiger partial charge in [0, 0.05) is 11.3 Å². The minimum absolute atomic E-state index is 0.0355. The van der Waals surface area contributed by atoms with Crippen LogP contribution in [-0.2, 0) is 21.9 Å². The van der Waals surface area contributed by atoms with Crippen LogP contribution in [0.4, 0.5) is 32.0 Å². The number of benzene rings is 3. The molecular weight excluding hydrogens is 640 g/mol. The van der Waals surface area contributed by atoms with E-state index in [0.717, 1.165) is 16.5 Å². The van der Waals surface area contributed by atoms with Crippen molar-refractivity contribution in [3.63, 3.8) is 0 Å². The van der Waals surface area contributed by atoms with Crippen LogP contribution in [0.1, 0.15) is 62.6 Å². The predicted octanol–water partition coefficient (Wildman–Crippen LogP) is 8.04. The lowest BCUT2D eigenvalue weighted by atomic mass is 9.67. The Morgan fingerprint density at radius 1 is 0.938 bits per heavy atom. The highest BCUT2D eigenvalue weighted by Gasteiger charge is 2.55. The summed E-state index contributed by atoms with van der Waals surface area (Å²) in [6.45, 7) is 3.05. The molecule has 0 spiro atoms. The first-order chi connectivity index (χ1) is 22.6. The Morgan fingerprint density at radius 2 is 1.56 bits per heavy atom. The van der Waals surface area contributed by atoms with Crippen LogP contribution in [0.2, 0.25) is 0 Å². The molecule has 0 bridgehead atoms. The SMILES string of the molecule is CCC1=C([C@H](O)CC/C(=C/c2ccc(O)c3ccccc23)CC)[C@H](CO)[C@@H]2C(=O)N(c3cc(C(F)(F)F)cc(C(F)(F)F)c3)C(=O)[C@@H]2C1. The Morgan fingerprint density at radius 3 is 2.12 bits per heavy atom. The molecule has 0 saturated carbocycles. The smallest absolute Gasteiger partial charge is 0.416 e. The fourth-order valence-corrected chi connectivity index (χ4v) is 7.10. The number of hydrogen-bond donors (Lipinski definition) is 3. The summed E-state index contributed by atoms with van der Waals surface area (Å²) < 4.78 is 81.5.